The predicted octanol–water partition coefficient (Wildman–Crippen LogP) is 0.480. The summed E-state index contributed by atoms with van der Waals surface area (Å²) in [5, 5.41) is 3.90. The van der Waals surface area contributed by atoms with Crippen molar-refractivity contribution in [2.75, 3.05) is 13.7 Å². The Balaban J connectivity index is 2.14. The molecule has 2 aromatic rings. The molecule has 2 heterocycles. The van der Waals surface area contributed by atoms with E-state index in [1.54, 1.807) is 18.2 Å². The fourth-order valence-electron chi connectivity index (χ4n) is 4.16. The highest BCUT2D eigenvalue weighted by atomic mass is 79.9. The summed E-state index contributed by atoms with van der Waals surface area (Å²) in [4.78, 5) is 74.0. The van der Waals surface area contributed by atoms with Crippen molar-refractivity contribution in [3.8, 4) is 5.75 Å². The lowest BCUT2D eigenvalue weighted by Crippen LogP contribution is -2.62. The number of methoxy groups -OCH3 is 1. The first-order chi connectivity index (χ1) is 19.3. The fourth-order valence-corrected chi connectivity index (χ4v) is 4.75. The van der Waals surface area contributed by atoms with E-state index in [2.05, 4.69) is 21.0 Å². The molecule has 5 atom stereocenters. The van der Waals surface area contributed by atoms with E-state index in [1.807, 2.05) is 0 Å². The highest BCUT2D eigenvalue weighted by Gasteiger charge is 2.53. The molecule has 1 fully saturated rings. The molecule has 41 heavy (non-hydrogen) atoms. The smallest absolute Gasteiger partial charge is 0.350 e. The van der Waals surface area contributed by atoms with E-state index < -0.39 is 72.4 Å². The second-order valence-electron chi connectivity index (χ2n) is 8.85. The van der Waals surface area contributed by atoms with Crippen LogP contribution in [0.3, 0.4) is 0 Å². The van der Waals surface area contributed by atoms with Gasteiger partial charge in [0.15, 0.2) is 24.5 Å². The van der Waals surface area contributed by atoms with Gasteiger partial charge in [-0.25, -0.2) is 4.79 Å². The minimum atomic E-state index is -1.61. The first kappa shape index (κ1) is 31.5. The maximum Gasteiger partial charge on any atom is 0.350 e. The van der Waals surface area contributed by atoms with Crippen molar-refractivity contribution < 1.29 is 47.6 Å². The van der Waals surface area contributed by atoms with Crippen molar-refractivity contribution in [3.05, 3.63) is 55.3 Å². The Hall–Kier alpha value is -4.05. The highest BCUT2D eigenvalue weighted by molar-refractivity contribution is 9.10. The van der Waals surface area contributed by atoms with E-state index in [-0.39, 0.29) is 6.54 Å². The molecule has 0 bridgehead atoms. The number of ether oxygens (including phenoxy) is 6. The third-order valence-electron chi connectivity index (χ3n) is 5.75. The third-order valence-corrected chi connectivity index (χ3v) is 6.37. The molecular formula is C25H28BrN3O12. The average Bonchev–Trinajstić information content (AvgIpc) is 2.87. The molecule has 15 nitrogen and oxygen atoms in total. The van der Waals surface area contributed by atoms with Crippen molar-refractivity contribution >= 4 is 39.8 Å². The molecule has 0 N–H and O–H groups in total. The van der Waals surface area contributed by atoms with Gasteiger partial charge in [-0.15, -0.1) is 0 Å². The molecule has 1 aromatic heterocycles. The summed E-state index contributed by atoms with van der Waals surface area (Å²) in [7, 11) is 1.49. The van der Waals surface area contributed by atoms with Crippen LogP contribution in [-0.4, -0.2) is 76.4 Å². The molecule has 0 amide bonds. The molecule has 0 unspecified atom stereocenters. The van der Waals surface area contributed by atoms with Gasteiger partial charge in [0.1, 0.15) is 24.7 Å². The van der Waals surface area contributed by atoms with Crippen LogP contribution in [0.15, 0.2) is 38.5 Å². The number of esters is 4. The molecule has 0 spiro atoms. The number of carbonyl (C=O) groups is 4. The monoisotopic (exact) mass is 641 g/mol. The van der Waals surface area contributed by atoms with Gasteiger partial charge in [0.25, 0.3) is 5.56 Å². The van der Waals surface area contributed by atoms with Crippen LogP contribution in [0.4, 0.5) is 0 Å². The highest BCUT2D eigenvalue weighted by Crippen LogP contribution is 2.33. The van der Waals surface area contributed by atoms with Crippen LogP contribution < -0.4 is 16.0 Å². The maximum atomic E-state index is 13.6. The minimum Gasteiger partial charge on any atom is -0.496 e. The number of carbonyl (C=O) groups excluding carboxylic acids is 4. The molecule has 16 heteroatoms. The van der Waals surface area contributed by atoms with Crippen LogP contribution in [0.1, 0.15) is 39.5 Å². The van der Waals surface area contributed by atoms with E-state index in [1.165, 1.54) is 7.11 Å². The molecule has 0 aliphatic carbocycles. The number of rotatable bonds is 9. The van der Waals surface area contributed by atoms with Gasteiger partial charge in [0.05, 0.1) is 18.1 Å². The van der Waals surface area contributed by atoms with E-state index >= 15 is 0 Å². The summed E-state index contributed by atoms with van der Waals surface area (Å²) < 4.78 is 34.5. The van der Waals surface area contributed by atoms with Crippen molar-refractivity contribution in [2.24, 2.45) is 0 Å². The second kappa shape index (κ2) is 13.5. The van der Waals surface area contributed by atoms with Gasteiger partial charge in [0, 0.05) is 27.7 Å². The van der Waals surface area contributed by atoms with Crippen LogP contribution in [-0.2, 0) is 49.4 Å². The zero-order chi connectivity index (χ0) is 30.4. The molecular weight excluding hydrogens is 614 g/mol. The molecule has 0 saturated carbocycles. The topological polar surface area (TPSA) is 181 Å². The zero-order valence-electron chi connectivity index (χ0n) is 22.7. The largest absolute Gasteiger partial charge is 0.496 e. The first-order valence-electron chi connectivity index (χ1n) is 12.1. The number of aromatic nitrogens is 3. The number of nitrogens with zero attached hydrogens (tertiary/aromatic N) is 3. The van der Waals surface area contributed by atoms with Gasteiger partial charge in [-0.3, -0.25) is 28.5 Å². The Morgan fingerprint density at radius 3 is 2.10 bits per heavy atom. The molecule has 1 saturated heterocycles. The van der Waals surface area contributed by atoms with Gasteiger partial charge in [-0.05, 0) is 33.6 Å². The predicted molar refractivity (Wildman–Crippen MR) is 140 cm³/mol. The van der Waals surface area contributed by atoms with Gasteiger partial charge < -0.3 is 28.4 Å². The first-order valence-corrected chi connectivity index (χ1v) is 12.9. The Morgan fingerprint density at radius 2 is 1.54 bits per heavy atom. The van der Waals surface area contributed by atoms with Crippen LogP contribution in [0.5, 0.6) is 5.75 Å². The summed E-state index contributed by atoms with van der Waals surface area (Å²) in [6.07, 6.45) is -6.59. The fraction of sp³-hybridized carbons (Fsp3) is 0.480. The molecule has 1 aromatic carbocycles. The SMILES string of the molecule is COc1ccc(Cn2c(=O)cnn([C@@H]3O[C@H](COC(C)=O)[C@H](OC(C)=O)[C@H](OC(C)=O)[C@@H]3OC(C)=O)c2=O)cc1Br. The summed E-state index contributed by atoms with van der Waals surface area (Å²) in [6.45, 7) is 3.66. The van der Waals surface area contributed by atoms with Gasteiger partial charge in [0.2, 0.25) is 0 Å². The third kappa shape index (κ3) is 7.79. The van der Waals surface area contributed by atoms with Crippen molar-refractivity contribution in [3.63, 3.8) is 0 Å². The number of hydrogen-bond acceptors (Lipinski definition) is 13. The van der Waals surface area contributed by atoms with Crippen molar-refractivity contribution in [1.82, 2.24) is 14.3 Å². The number of benzene rings is 1. The van der Waals surface area contributed by atoms with E-state index in [9.17, 15) is 28.8 Å². The zero-order valence-corrected chi connectivity index (χ0v) is 24.3. The normalized spacial score (nSPS) is 21.9. The van der Waals surface area contributed by atoms with E-state index in [0.29, 0.717) is 15.8 Å². The Labute approximate surface area is 241 Å². The summed E-state index contributed by atoms with van der Waals surface area (Å²) in [6, 6.07) is 4.95. The van der Waals surface area contributed by atoms with Crippen LogP contribution in [0, 0.1) is 0 Å². The van der Waals surface area contributed by atoms with Gasteiger partial charge in [-0.1, -0.05) is 6.07 Å². The molecule has 3 rings (SSSR count). The molecule has 222 valence electrons. The standard InChI is InChI=1S/C25H28BrN3O12/c1-12(30)37-11-19-21(38-13(2)31)22(39-14(3)32)23(40-15(4)33)24(41-19)29-25(35)28(20(34)9-27-29)10-16-6-7-18(36-5)17(26)8-16/h6-9,19,21-24H,10-11H2,1-5H3/t19-,21+,22+,23+,24-/m1/s1. The number of halogens is 1. The van der Waals surface area contributed by atoms with E-state index in [4.69, 9.17) is 28.4 Å². The second-order valence-corrected chi connectivity index (χ2v) is 9.71. The lowest BCUT2D eigenvalue weighted by molar-refractivity contribution is -0.271. The van der Waals surface area contributed by atoms with Crippen molar-refractivity contribution in [1.29, 1.82) is 0 Å². The quantitative estimate of drug-likeness (QED) is 0.273. The summed E-state index contributed by atoms with van der Waals surface area (Å²) >= 11 is 3.36. The molecule has 1 aliphatic rings. The minimum absolute atomic E-state index is 0.186. The van der Waals surface area contributed by atoms with Crippen LogP contribution in [0.25, 0.3) is 0 Å². The Morgan fingerprint density at radius 1 is 0.927 bits per heavy atom. The molecule has 1 aliphatic heterocycles. The summed E-state index contributed by atoms with van der Waals surface area (Å²) in [5.41, 5.74) is -1.16. The van der Waals surface area contributed by atoms with Crippen LogP contribution in [0.2, 0.25) is 0 Å². The van der Waals surface area contributed by atoms with Gasteiger partial charge >= 0.3 is 29.6 Å². The lowest BCUT2D eigenvalue weighted by atomic mass is 9.97. The van der Waals surface area contributed by atoms with E-state index in [0.717, 1.165) is 43.1 Å². The Kier molecular flexibility index (Phi) is 10.4. The lowest BCUT2D eigenvalue weighted by Gasteiger charge is -2.44. The summed E-state index contributed by atoms with van der Waals surface area (Å²) in [5.74, 6) is -2.67. The molecule has 0 radical (unpaired) electrons. The maximum absolute atomic E-state index is 13.6. The number of hydrogen-bond donors (Lipinski definition) is 0. The van der Waals surface area contributed by atoms with Gasteiger partial charge in [-0.2, -0.15) is 9.78 Å². The Bertz CT molecular complexity index is 1440. The average molecular weight is 642 g/mol. The van der Waals surface area contributed by atoms with Crippen molar-refractivity contribution in [2.45, 2.75) is 64.9 Å². The van der Waals surface area contributed by atoms with Crippen LogP contribution >= 0.6 is 15.9 Å².